The number of aryl methyl sites for hydroxylation is 3. The number of hydrogen-bond acceptors (Lipinski definition) is 5. The fourth-order valence-electron chi connectivity index (χ4n) is 3.03. The molecule has 0 unspecified atom stereocenters. The minimum Gasteiger partial charge on any atom is -0.351 e. The predicted molar refractivity (Wildman–Crippen MR) is 107 cm³/mol. The standard InChI is InChI=1S/C19H25N5O2S/c1-3-4-5-10-24-13-22-18-15(19(24)26)14(2)16(27-18)17(25)21-7-6-9-23-11-8-20-12-23/h8,11-13H,3-7,9-10H2,1-2H3,(H,21,25). The van der Waals surface area contributed by atoms with Crippen LogP contribution < -0.4 is 10.9 Å². The summed E-state index contributed by atoms with van der Waals surface area (Å²) < 4.78 is 3.63. The third-order valence-corrected chi connectivity index (χ3v) is 5.76. The van der Waals surface area contributed by atoms with Gasteiger partial charge in [0.2, 0.25) is 0 Å². The third kappa shape index (κ3) is 4.44. The number of thiophene rings is 1. The molecule has 27 heavy (non-hydrogen) atoms. The van der Waals surface area contributed by atoms with Gasteiger partial charge >= 0.3 is 0 Å². The van der Waals surface area contributed by atoms with Crippen molar-refractivity contribution in [1.29, 1.82) is 0 Å². The van der Waals surface area contributed by atoms with Crippen molar-refractivity contribution in [3.8, 4) is 0 Å². The van der Waals surface area contributed by atoms with Crippen molar-refractivity contribution >= 4 is 27.5 Å². The Hall–Kier alpha value is -2.48. The van der Waals surface area contributed by atoms with E-state index in [4.69, 9.17) is 0 Å². The van der Waals surface area contributed by atoms with Crippen molar-refractivity contribution in [2.75, 3.05) is 6.54 Å². The molecule has 0 aliphatic heterocycles. The highest BCUT2D eigenvalue weighted by atomic mass is 32.1. The van der Waals surface area contributed by atoms with Crippen molar-refractivity contribution in [1.82, 2.24) is 24.4 Å². The van der Waals surface area contributed by atoms with Crippen LogP contribution >= 0.6 is 11.3 Å². The van der Waals surface area contributed by atoms with Gasteiger partial charge in [-0.25, -0.2) is 9.97 Å². The van der Waals surface area contributed by atoms with E-state index in [1.807, 2.05) is 17.7 Å². The lowest BCUT2D eigenvalue weighted by atomic mass is 10.2. The number of hydrogen-bond donors (Lipinski definition) is 1. The summed E-state index contributed by atoms with van der Waals surface area (Å²) in [6.07, 6.45) is 11.0. The molecule has 0 bridgehead atoms. The van der Waals surface area contributed by atoms with Gasteiger partial charge in [0.25, 0.3) is 11.5 Å². The largest absolute Gasteiger partial charge is 0.351 e. The fourth-order valence-corrected chi connectivity index (χ4v) is 4.09. The van der Waals surface area contributed by atoms with Gasteiger partial charge in [0.05, 0.1) is 22.9 Å². The lowest BCUT2D eigenvalue weighted by molar-refractivity contribution is 0.0956. The van der Waals surface area contributed by atoms with Crippen LogP contribution in [0.4, 0.5) is 0 Å². The van der Waals surface area contributed by atoms with Crippen molar-refractivity contribution in [2.45, 2.75) is 52.6 Å². The van der Waals surface area contributed by atoms with E-state index in [0.717, 1.165) is 37.8 Å². The summed E-state index contributed by atoms with van der Waals surface area (Å²) in [5.41, 5.74) is 0.675. The topological polar surface area (TPSA) is 81.8 Å². The summed E-state index contributed by atoms with van der Waals surface area (Å²) in [7, 11) is 0. The normalized spacial score (nSPS) is 11.2. The Labute approximate surface area is 162 Å². The Kier molecular flexibility index (Phi) is 6.39. The van der Waals surface area contributed by atoms with E-state index in [0.29, 0.717) is 28.2 Å². The smallest absolute Gasteiger partial charge is 0.262 e. The minimum atomic E-state index is -0.141. The van der Waals surface area contributed by atoms with E-state index in [9.17, 15) is 9.59 Å². The number of rotatable bonds is 9. The summed E-state index contributed by atoms with van der Waals surface area (Å²) in [5, 5.41) is 3.51. The summed E-state index contributed by atoms with van der Waals surface area (Å²) in [5.74, 6) is -0.141. The molecule has 3 heterocycles. The first-order chi connectivity index (χ1) is 13.1. The monoisotopic (exact) mass is 387 g/mol. The maximum absolute atomic E-state index is 12.8. The van der Waals surface area contributed by atoms with Gasteiger partial charge in [-0.2, -0.15) is 0 Å². The van der Waals surface area contributed by atoms with Crippen LogP contribution in [0.15, 0.2) is 29.8 Å². The van der Waals surface area contributed by atoms with Gasteiger partial charge in [0.15, 0.2) is 0 Å². The predicted octanol–water partition coefficient (Wildman–Crippen LogP) is 2.97. The summed E-state index contributed by atoms with van der Waals surface area (Å²) >= 11 is 1.29. The van der Waals surface area contributed by atoms with Gasteiger partial charge in [-0.3, -0.25) is 14.2 Å². The van der Waals surface area contributed by atoms with Gasteiger partial charge < -0.3 is 9.88 Å². The molecular formula is C19H25N5O2S. The highest BCUT2D eigenvalue weighted by molar-refractivity contribution is 7.20. The molecule has 0 aliphatic rings. The number of carbonyl (C=O) groups excluding carboxylic acids is 1. The molecular weight excluding hydrogens is 362 g/mol. The zero-order valence-corrected chi connectivity index (χ0v) is 16.6. The van der Waals surface area contributed by atoms with Crippen LogP contribution in [-0.4, -0.2) is 31.6 Å². The van der Waals surface area contributed by atoms with Crippen LogP contribution in [0.5, 0.6) is 0 Å². The molecule has 0 radical (unpaired) electrons. The van der Waals surface area contributed by atoms with E-state index in [-0.39, 0.29) is 11.5 Å². The van der Waals surface area contributed by atoms with Crippen molar-refractivity contribution in [3.63, 3.8) is 0 Å². The van der Waals surface area contributed by atoms with Gasteiger partial charge in [0, 0.05) is 32.0 Å². The second kappa shape index (κ2) is 8.94. The molecule has 8 heteroatoms. The highest BCUT2D eigenvalue weighted by Gasteiger charge is 2.19. The lowest BCUT2D eigenvalue weighted by Gasteiger charge is -2.05. The number of imidazole rings is 1. The molecule has 0 spiro atoms. The highest BCUT2D eigenvalue weighted by Crippen LogP contribution is 2.26. The number of nitrogens with one attached hydrogen (secondary N) is 1. The molecule has 144 valence electrons. The Morgan fingerprint density at radius 3 is 2.81 bits per heavy atom. The minimum absolute atomic E-state index is 0.0518. The third-order valence-electron chi connectivity index (χ3n) is 4.56. The molecule has 0 saturated carbocycles. The van der Waals surface area contributed by atoms with E-state index in [2.05, 4.69) is 22.2 Å². The molecule has 1 amide bonds. The van der Waals surface area contributed by atoms with Crippen molar-refractivity contribution in [3.05, 3.63) is 45.8 Å². The molecule has 0 aromatic carbocycles. The lowest BCUT2D eigenvalue weighted by Crippen LogP contribution is -2.25. The van der Waals surface area contributed by atoms with Gasteiger partial charge in [0.1, 0.15) is 4.83 Å². The molecule has 0 saturated heterocycles. The number of carbonyl (C=O) groups is 1. The summed E-state index contributed by atoms with van der Waals surface area (Å²) in [6.45, 7) is 6.00. The first-order valence-electron chi connectivity index (χ1n) is 9.34. The molecule has 3 aromatic heterocycles. The van der Waals surface area contributed by atoms with Crippen molar-refractivity contribution < 1.29 is 4.79 Å². The number of amides is 1. The van der Waals surface area contributed by atoms with Gasteiger partial charge in [-0.15, -0.1) is 11.3 Å². The summed E-state index contributed by atoms with van der Waals surface area (Å²) in [4.78, 5) is 34.9. The average Bonchev–Trinajstić information content (AvgIpc) is 3.29. The van der Waals surface area contributed by atoms with Crippen LogP contribution in [0.25, 0.3) is 10.2 Å². The average molecular weight is 388 g/mol. The Bertz CT molecular complexity index is 959. The molecule has 0 atom stereocenters. The maximum Gasteiger partial charge on any atom is 0.262 e. The number of nitrogens with zero attached hydrogens (tertiary/aromatic N) is 4. The Morgan fingerprint density at radius 2 is 2.07 bits per heavy atom. The Morgan fingerprint density at radius 1 is 1.22 bits per heavy atom. The quantitative estimate of drug-likeness (QED) is 0.572. The van der Waals surface area contributed by atoms with Gasteiger partial charge in [-0.1, -0.05) is 19.8 Å². The molecule has 7 nitrogen and oxygen atoms in total. The Balaban J connectivity index is 1.68. The molecule has 1 N–H and O–H groups in total. The molecule has 0 aliphatic carbocycles. The van der Waals surface area contributed by atoms with Crippen molar-refractivity contribution in [2.24, 2.45) is 0 Å². The number of aromatic nitrogens is 4. The number of fused-ring (bicyclic) bond motifs is 1. The second-order valence-corrected chi connectivity index (χ2v) is 7.60. The SMILES string of the molecule is CCCCCn1cnc2sc(C(=O)NCCCn3ccnc3)c(C)c2c1=O. The second-order valence-electron chi connectivity index (χ2n) is 6.60. The van der Waals surface area contributed by atoms with Crippen LogP contribution in [0.3, 0.4) is 0 Å². The zero-order valence-electron chi connectivity index (χ0n) is 15.8. The van der Waals surface area contributed by atoms with Crippen LogP contribution in [0, 0.1) is 6.92 Å². The molecule has 3 rings (SSSR count). The first-order valence-corrected chi connectivity index (χ1v) is 10.2. The maximum atomic E-state index is 12.8. The van der Waals surface area contributed by atoms with E-state index in [1.54, 1.807) is 23.4 Å². The van der Waals surface area contributed by atoms with E-state index in [1.165, 1.54) is 11.3 Å². The molecule has 0 fully saturated rings. The van der Waals surface area contributed by atoms with E-state index >= 15 is 0 Å². The summed E-state index contributed by atoms with van der Waals surface area (Å²) in [6, 6.07) is 0. The fraction of sp³-hybridized carbons (Fsp3) is 0.474. The van der Waals surface area contributed by atoms with Crippen LogP contribution in [0.1, 0.15) is 47.8 Å². The van der Waals surface area contributed by atoms with Gasteiger partial charge in [-0.05, 0) is 25.3 Å². The zero-order chi connectivity index (χ0) is 19.2. The van der Waals surface area contributed by atoms with E-state index < -0.39 is 0 Å². The number of unbranched alkanes of at least 4 members (excludes halogenated alkanes) is 2. The van der Waals surface area contributed by atoms with Crippen LogP contribution in [0.2, 0.25) is 0 Å². The first kappa shape index (κ1) is 19.3. The van der Waals surface area contributed by atoms with Crippen LogP contribution in [-0.2, 0) is 13.1 Å². The molecule has 3 aromatic rings.